The monoisotopic (exact) mass is 1240 g/mol. The van der Waals surface area contributed by atoms with E-state index in [9.17, 15) is 48.4 Å². The van der Waals surface area contributed by atoms with E-state index < -0.39 is 45.5 Å². The standard InChI is InChI=1S/C23H23N3O4S2.C11H10ClNO3S2.C11H10ClNO2S2.C8H8O3S/c1-32(28,29)21-4-2-3-16(12-21)11-20-14-24-22(31-20)25-8-7-17-5-6-19(13-18(17)15-25)26-9-10-30-23(26)27;1-18(15,16)8-4-2-3-7(5-8)10(14)9-6-13-11(12)17-9;1-17(14,15)10-4-2-3-8(6-10)5-9-7-13-11(12)16-9;1-12(10,11)8-4-2-3-7(5-8)6-9/h2-6,12-14H,7-11,15H2,1H3;2-6,10,14H,1H3;2-4,6-7H,5H2,1H3;2-6H,1H3. The molecule has 17 nitrogen and oxygen atoms in total. The van der Waals surface area contributed by atoms with Gasteiger partial charge in [0.05, 0.1) is 31.0 Å². The molecule has 79 heavy (non-hydrogen) atoms. The first-order chi connectivity index (χ1) is 37.2. The molecule has 0 spiro atoms. The Bertz CT molecular complexity index is 3960. The van der Waals surface area contributed by atoms with Crippen molar-refractivity contribution in [2.24, 2.45) is 0 Å². The molecule has 416 valence electrons. The van der Waals surface area contributed by atoms with Gasteiger partial charge in [0.15, 0.2) is 53.4 Å². The van der Waals surface area contributed by atoms with E-state index in [2.05, 4.69) is 32.0 Å². The van der Waals surface area contributed by atoms with Crippen LogP contribution in [0.3, 0.4) is 0 Å². The molecule has 1 saturated heterocycles. The van der Waals surface area contributed by atoms with Gasteiger partial charge in [0.2, 0.25) is 0 Å². The molecule has 3 aromatic heterocycles. The first-order valence-corrected chi connectivity index (χ1v) is 34.3. The Balaban J connectivity index is 0.000000164. The third-order valence-electron chi connectivity index (χ3n) is 11.8. The first-order valence-electron chi connectivity index (χ1n) is 23.5. The van der Waals surface area contributed by atoms with Crippen molar-refractivity contribution in [1.82, 2.24) is 15.0 Å². The summed E-state index contributed by atoms with van der Waals surface area (Å²) in [5.74, 6) is 0. The zero-order chi connectivity index (χ0) is 57.3. The van der Waals surface area contributed by atoms with Crippen molar-refractivity contribution in [2.45, 2.75) is 51.5 Å². The van der Waals surface area contributed by atoms with E-state index in [0.29, 0.717) is 67.0 Å². The summed E-state index contributed by atoms with van der Waals surface area (Å²) in [6.45, 7) is 2.63. The van der Waals surface area contributed by atoms with Gasteiger partial charge in [-0.1, -0.05) is 77.8 Å². The summed E-state index contributed by atoms with van der Waals surface area (Å²) in [7, 11) is -12.9. The molecule has 1 atom stereocenters. The number of aliphatic hydroxyl groups is 1. The minimum atomic E-state index is -3.29. The highest BCUT2D eigenvalue weighted by molar-refractivity contribution is 7.91. The van der Waals surface area contributed by atoms with Crippen LogP contribution < -0.4 is 9.80 Å². The molecule has 2 aliphatic heterocycles. The third-order valence-corrected chi connectivity index (χ3v) is 19.6. The van der Waals surface area contributed by atoms with Gasteiger partial charge in [-0.15, -0.1) is 34.0 Å². The van der Waals surface area contributed by atoms with Gasteiger partial charge in [-0.2, -0.15) is 0 Å². The quantitative estimate of drug-likeness (QED) is 0.106. The average Bonchev–Trinajstić information content (AvgIpc) is 4.25. The predicted molar refractivity (Wildman–Crippen MR) is 310 cm³/mol. The summed E-state index contributed by atoms with van der Waals surface area (Å²) in [5, 5.41) is 11.1. The van der Waals surface area contributed by atoms with Gasteiger partial charge in [0, 0.05) is 90.5 Å². The minimum Gasteiger partial charge on any atom is -0.447 e. The second-order valence-electron chi connectivity index (χ2n) is 18.0. The number of thiazole rings is 3. The lowest BCUT2D eigenvalue weighted by atomic mass is 9.99. The number of fused-ring (bicyclic) bond motifs is 1. The molecule has 10 rings (SSSR count). The highest BCUT2D eigenvalue weighted by atomic mass is 35.5. The van der Waals surface area contributed by atoms with E-state index in [1.807, 2.05) is 24.4 Å². The number of sulfone groups is 4. The molecular formula is C53H51Cl2N5O12S7. The smallest absolute Gasteiger partial charge is 0.414 e. The molecular weight excluding hydrogens is 1190 g/mol. The Kier molecular flexibility index (Phi) is 20.1. The van der Waals surface area contributed by atoms with Crippen LogP contribution in [0.2, 0.25) is 8.93 Å². The van der Waals surface area contributed by atoms with Crippen LogP contribution >= 0.6 is 57.2 Å². The SMILES string of the molecule is CS(=O)(=O)c1cccc(C(O)c2cnc(Cl)s2)c1.CS(=O)(=O)c1cccc(C=O)c1.CS(=O)(=O)c1cccc(Cc2cnc(Cl)s2)c1.CS(=O)(=O)c1cccc(Cc2cnc(N3CCc4ccc(N5CCOC5=O)cc4C3)s2)c1. The molecule has 0 saturated carbocycles. The fraction of sp³-hybridized carbons (Fsp3) is 0.226. The number of nitrogens with zero attached hydrogens (tertiary/aromatic N) is 5. The Morgan fingerprint density at radius 3 is 1.68 bits per heavy atom. The van der Waals surface area contributed by atoms with Crippen molar-refractivity contribution in [1.29, 1.82) is 0 Å². The predicted octanol–water partition coefficient (Wildman–Crippen LogP) is 9.63. The first kappa shape index (κ1) is 60.7. The maximum Gasteiger partial charge on any atom is 0.414 e. The minimum absolute atomic E-state index is 0.173. The van der Waals surface area contributed by atoms with Crippen molar-refractivity contribution < 1.29 is 53.1 Å². The Labute approximate surface area is 480 Å². The highest BCUT2D eigenvalue weighted by Crippen LogP contribution is 2.33. The molecule has 1 unspecified atom stereocenters. The van der Waals surface area contributed by atoms with Crippen molar-refractivity contribution in [3.05, 3.63) is 191 Å². The van der Waals surface area contributed by atoms with Gasteiger partial charge < -0.3 is 14.7 Å². The van der Waals surface area contributed by atoms with Crippen LogP contribution in [0.4, 0.5) is 15.6 Å². The number of benzene rings is 5. The van der Waals surface area contributed by atoms with Gasteiger partial charge in [-0.3, -0.25) is 9.69 Å². The van der Waals surface area contributed by atoms with Gasteiger partial charge in [-0.25, -0.2) is 53.4 Å². The second-order valence-corrected chi connectivity index (χ2v) is 30.5. The Morgan fingerprint density at radius 2 is 1.15 bits per heavy atom. The number of cyclic esters (lactones) is 1. The molecule has 5 aromatic carbocycles. The number of hydrogen-bond donors (Lipinski definition) is 1. The highest BCUT2D eigenvalue weighted by Gasteiger charge is 2.26. The van der Waals surface area contributed by atoms with Gasteiger partial charge in [0.1, 0.15) is 19.0 Å². The largest absolute Gasteiger partial charge is 0.447 e. The maximum atomic E-state index is 11.9. The summed E-state index contributed by atoms with van der Waals surface area (Å²) in [6, 6.07) is 32.3. The molecule has 8 aromatic rings. The van der Waals surface area contributed by atoms with Crippen LogP contribution in [0.15, 0.2) is 153 Å². The number of anilines is 2. The summed E-state index contributed by atoms with van der Waals surface area (Å²) < 4.78 is 97.2. The van der Waals surface area contributed by atoms with Crippen LogP contribution in [-0.2, 0) is 69.9 Å². The van der Waals surface area contributed by atoms with Crippen molar-refractivity contribution in [3.63, 3.8) is 0 Å². The van der Waals surface area contributed by atoms with Crippen molar-refractivity contribution >= 4 is 120 Å². The van der Waals surface area contributed by atoms with Crippen LogP contribution in [0.25, 0.3) is 0 Å². The van der Waals surface area contributed by atoms with E-state index in [4.69, 9.17) is 27.9 Å². The van der Waals surface area contributed by atoms with Crippen LogP contribution in [0.5, 0.6) is 0 Å². The number of aromatic nitrogens is 3. The van der Waals surface area contributed by atoms with E-state index in [-0.39, 0.29) is 15.9 Å². The number of hydrogen-bond acceptors (Lipinski definition) is 19. The molecule has 2 aliphatic rings. The van der Waals surface area contributed by atoms with Crippen molar-refractivity contribution in [2.75, 3.05) is 54.5 Å². The number of carbonyl (C=O) groups excluding carboxylic acids is 2. The zero-order valence-corrected chi connectivity index (χ0v) is 49.8. The van der Waals surface area contributed by atoms with E-state index in [1.54, 1.807) is 83.1 Å². The van der Waals surface area contributed by atoms with Gasteiger partial charge >= 0.3 is 6.09 Å². The number of halogens is 2. The number of carbonyl (C=O) groups is 2. The lowest BCUT2D eigenvalue weighted by Gasteiger charge is -2.29. The van der Waals surface area contributed by atoms with Gasteiger partial charge in [-0.05, 0) is 94.9 Å². The zero-order valence-electron chi connectivity index (χ0n) is 42.6. The lowest BCUT2D eigenvalue weighted by Crippen LogP contribution is -2.31. The molecule has 0 aliphatic carbocycles. The third kappa shape index (κ3) is 17.3. The molecule has 26 heteroatoms. The van der Waals surface area contributed by atoms with Crippen LogP contribution in [-0.4, -0.2) is 111 Å². The number of aliphatic hydroxyl groups excluding tert-OH is 1. The summed E-state index contributed by atoms with van der Waals surface area (Å²) in [4.78, 5) is 42.3. The molecule has 0 radical (unpaired) electrons. The van der Waals surface area contributed by atoms with Crippen LogP contribution in [0, 0.1) is 0 Å². The van der Waals surface area contributed by atoms with E-state index >= 15 is 0 Å². The average molecular weight is 1250 g/mol. The number of ether oxygens (including phenoxy) is 1. The maximum absolute atomic E-state index is 11.9. The van der Waals surface area contributed by atoms with E-state index in [0.717, 1.165) is 75.1 Å². The normalized spacial score (nSPS) is 13.8. The fourth-order valence-electron chi connectivity index (χ4n) is 7.86. The molecule has 0 bridgehead atoms. The fourth-order valence-corrected chi connectivity index (χ4v) is 13.5. The molecule has 5 heterocycles. The molecule has 1 N–H and O–H groups in total. The Morgan fingerprint density at radius 1 is 0.620 bits per heavy atom. The summed E-state index contributed by atoms with van der Waals surface area (Å²) in [5.41, 5.74) is 6.13. The lowest BCUT2D eigenvalue weighted by molar-refractivity contribution is 0.112. The summed E-state index contributed by atoms with van der Waals surface area (Å²) >= 11 is 15.6. The molecule has 1 fully saturated rings. The van der Waals surface area contributed by atoms with E-state index in [1.165, 1.54) is 65.4 Å². The number of rotatable bonds is 13. The summed E-state index contributed by atoms with van der Waals surface area (Å²) in [6.07, 6.45) is 11.3. The van der Waals surface area contributed by atoms with Crippen molar-refractivity contribution in [3.8, 4) is 0 Å². The van der Waals surface area contributed by atoms with Gasteiger partial charge in [0.25, 0.3) is 0 Å². The number of aldehydes is 1. The second kappa shape index (κ2) is 26.1. The van der Waals surface area contributed by atoms with Crippen LogP contribution in [0.1, 0.15) is 58.9 Å². The number of amides is 1. The Hall–Kier alpha value is -5.93. The molecule has 1 amide bonds. The topological polar surface area (TPSA) is 245 Å².